The van der Waals surface area contributed by atoms with Crippen LogP contribution in [0.15, 0.2) is 78.9 Å². The highest BCUT2D eigenvalue weighted by Crippen LogP contribution is 2.32. The summed E-state index contributed by atoms with van der Waals surface area (Å²) in [6.45, 7) is 3.30. The summed E-state index contributed by atoms with van der Waals surface area (Å²) in [6.07, 6.45) is 2.84. The number of hydrogen-bond acceptors (Lipinski definition) is 4. The second-order valence-corrected chi connectivity index (χ2v) is 10.0. The van der Waals surface area contributed by atoms with Crippen molar-refractivity contribution < 1.29 is 4.79 Å². The van der Waals surface area contributed by atoms with Crippen LogP contribution in [-0.2, 0) is 13.0 Å². The number of halogens is 1. The molecular formula is C30H31ClN4O. The summed E-state index contributed by atoms with van der Waals surface area (Å²) >= 11 is 6.59. The molecule has 1 aromatic heterocycles. The Hall–Kier alpha value is -3.25. The number of ketones is 1. The maximum absolute atomic E-state index is 13.5. The van der Waals surface area contributed by atoms with Crippen LogP contribution in [0, 0.1) is 12.8 Å². The van der Waals surface area contributed by atoms with Gasteiger partial charge in [0.05, 0.1) is 17.4 Å². The van der Waals surface area contributed by atoms with E-state index in [1.54, 1.807) is 4.68 Å². The Kier molecular flexibility index (Phi) is 7.33. The van der Waals surface area contributed by atoms with Crippen molar-refractivity contribution in [3.8, 4) is 5.69 Å². The first-order chi connectivity index (χ1) is 17.5. The van der Waals surface area contributed by atoms with E-state index in [2.05, 4.69) is 28.6 Å². The first kappa shape index (κ1) is 24.4. The Morgan fingerprint density at radius 2 is 1.83 bits per heavy atom. The van der Waals surface area contributed by atoms with Crippen LogP contribution < -0.4 is 11.1 Å². The number of hydrogen-bond donors (Lipinski definition) is 2. The van der Waals surface area contributed by atoms with Gasteiger partial charge in [-0.2, -0.15) is 5.10 Å². The van der Waals surface area contributed by atoms with E-state index < -0.39 is 0 Å². The molecule has 5 nitrogen and oxygen atoms in total. The lowest BCUT2D eigenvalue weighted by Gasteiger charge is -2.21. The maximum atomic E-state index is 13.5. The molecule has 0 saturated heterocycles. The summed E-state index contributed by atoms with van der Waals surface area (Å²) in [4.78, 5) is 13.5. The minimum Gasteiger partial charge on any atom is -0.326 e. The molecule has 184 valence electrons. The van der Waals surface area contributed by atoms with Gasteiger partial charge in [-0.05, 0) is 78.7 Å². The fourth-order valence-electron chi connectivity index (χ4n) is 4.59. The number of rotatable bonds is 10. The topological polar surface area (TPSA) is 72.9 Å². The van der Waals surface area contributed by atoms with Crippen molar-refractivity contribution >= 4 is 17.4 Å². The number of benzene rings is 3. The van der Waals surface area contributed by atoms with Crippen molar-refractivity contribution in [2.24, 2.45) is 11.7 Å². The molecule has 0 amide bonds. The van der Waals surface area contributed by atoms with Crippen LogP contribution in [0.5, 0.6) is 0 Å². The van der Waals surface area contributed by atoms with Gasteiger partial charge in [0, 0.05) is 18.0 Å². The molecule has 1 aliphatic carbocycles. The first-order valence-corrected chi connectivity index (χ1v) is 12.9. The summed E-state index contributed by atoms with van der Waals surface area (Å²) in [7, 11) is 0. The molecular weight excluding hydrogens is 468 g/mol. The number of nitrogens with zero attached hydrogens (tertiary/aromatic N) is 2. The highest BCUT2D eigenvalue weighted by Gasteiger charge is 2.25. The highest BCUT2D eigenvalue weighted by atomic mass is 35.5. The van der Waals surface area contributed by atoms with E-state index in [4.69, 9.17) is 17.3 Å². The van der Waals surface area contributed by atoms with Gasteiger partial charge < -0.3 is 11.1 Å². The van der Waals surface area contributed by atoms with Gasteiger partial charge in [0.15, 0.2) is 5.78 Å². The zero-order valence-corrected chi connectivity index (χ0v) is 21.2. The zero-order valence-electron chi connectivity index (χ0n) is 20.5. The SMILES string of the molecule is Cc1cc(C(=O)Cc2cccc(C(NCC3CC3)c3ccccc3Cl)c2)n(-c2cccc(CN)c2)n1. The molecule has 3 N–H and O–H groups in total. The number of nitrogens with one attached hydrogen (secondary N) is 1. The summed E-state index contributed by atoms with van der Waals surface area (Å²) in [5.74, 6) is 0.757. The van der Waals surface area contributed by atoms with E-state index in [1.807, 2.05) is 67.6 Å². The van der Waals surface area contributed by atoms with E-state index in [9.17, 15) is 4.79 Å². The Labute approximate surface area is 217 Å². The van der Waals surface area contributed by atoms with Crippen LogP contribution >= 0.6 is 11.6 Å². The van der Waals surface area contributed by atoms with Crippen molar-refractivity contribution in [3.63, 3.8) is 0 Å². The van der Waals surface area contributed by atoms with Gasteiger partial charge in [-0.15, -0.1) is 0 Å². The second-order valence-electron chi connectivity index (χ2n) is 9.61. The average molecular weight is 499 g/mol. The molecule has 0 radical (unpaired) electrons. The smallest absolute Gasteiger partial charge is 0.185 e. The molecule has 1 aliphatic rings. The molecule has 1 atom stereocenters. The predicted octanol–water partition coefficient (Wildman–Crippen LogP) is 5.81. The van der Waals surface area contributed by atoms with Crippen molar-refractivity contribution in [2.45, 2.75) is 38.8 Å². The lowest BCUT2D eigenvalue weighted by molar-refractivity contribution is 0.0985. The molecule has 1 heterocycles. The molecule has 4 aromatic rings. The molecule has 0 spiro atoms. The standard InChI is InChI=1S/C30H31ClN4O/c1-20-14-28(35(34-20)25-9-5-7-23(16-25)18-32)29(36)17-22-6-4-8-24(15-22)30(33-19-21-12-13-21)26-10-2-3-11-27(26)31/h2-11,14-16,21,30,33H,12-13,17-19,32H2,1H3. The highest BCUT2D eigenvalue weighted by molar-refractivity contribution is 6.31. The van der Waals surface area contributed by atoms with Crippen LogP contribution in [-0.4, -0.2) is 22.1 Å². The van der Waals surface area contributed by atoms with Crippen LogP contribution in [0.2, 0.25) is 5.02 Å². The molecule has 6 heteroatoms. The largest absolute Gasteiger partial charge is 0.326 e. The second kappa shape index (κ2) is 10.8. The van der Waals surface area contributed by atoms with Crippen molar-refractivity contribution in [1.29, 1.82) is 0 Å². The number of aromatic nitrogens is 2. The first-order valence-electron chi connectivity index (χ1n) is 12.5. The number of carbonyl (C=O) groups is 1. The summed E-state index contributed by atoms with van der Waals surface area (Å²) in [5.41, 5.74) is 12.1. The van der Waals surface area contributed by atoms with Gasteiger partial charge in [0.2, 0.25) is 0 Å². The fourth-order valence-corrected chi connectivity index (χ4v) is 4.84. The third-order valence-corrected chi connectivity index (χ3v) is 7.03. The number of Topliss-reactive ketones (excluding diaryl/α,β-unsaturated/α-hetero) is 1. The summed E-state index contributed by atoms with van der Waals surface area (Å²) in [5, 5.41) is 9.05. The van der Waals surface area contributed by atoms with Gasteiger partial charge in [0.1, 0.15) is 5.69 Å². The van der Waals surface area contributed by atoms with Gasteiger partial charge in [-0.1, -0.05) is 66.2 Å². The van der Waals surface area contributed by atoms with E-state index in [1.165, 1.54) is 12.8 Å². The normalized spacial score (nSPS) is 14.1. The summed E-state index contributed by atoms with van der Waals surface area (Å²) in [6, 6.07) is 25.9. The average Bonchev–Trinajstić information content (AvgIpc) is 3.64. The van der Waals surface area contributed by atoms with E-state index in [0.717, 1.165) is 51.1 Å². The lowest BCUT2D eigenvalue weighted by Crippen LogP contribution is -2.25. The van der Waals surface area contributed by atoms with Crippen LogP contribution in [0.25, 0.3) is 5.69 Å². The Morgan fingerprint density at radius 1 is 1.06 bits per heavy atom. The quantitative estimate of drug-likeness (QED) is 0.271. The molecule has 0 bridgehead atoms. The molecule has 1 saturated carbocycles. The van der Waals surface area contributed by atoms with Gasteiger partial charge in [-0.3, -0.25) is 4.79 Å². The Morgan fingerprint density at radius 3 is 2.61 bits per heavy atom. The lowest BCUT2D eigenvalue weighted by atomic mass is 9.95. The zero-order chi connectivity index (χ0) is 25.1. The van der Waals surface area contributed by atoms with E-state index >= 15 is 0 Å². The van der Waals surface area contributed by atoms with Gasteiger partial charge in [0.25, 0.3) is 0 Å². The van der Waals surface area contributed by atoms with E-state index in [0.29, 0.717) is 12.2 Å². The van der Waals surface area contributed by atoms with Gasteiger partial charge >= 0.3 is 0 Å². The van der Waals surface area contributed by atoms with E-state index in [-0.39, 0.29) is 18.2 Å². The molecule has 1 fully saturated rings. The van der Waals surface area contributed by atoms with Crippen LogP contribution in [0.4, 0.5) is 0 Å². The van der Waals surface area contributed by atoms with Crippen molar-refractivity contribution in [3.05, 3.63) is 118 Å². The molecule has 36 heavy (non-hydrogen) atoms. The van der Waals surface area contributed by atoms with Crippen molar-refractivity contribution in [2.75, 3.05) is 6.54 Å². The monoisotopic (exact) mass is 498 g/mol. The Bertz CT molecular complexity index is 1370. The minimum atomic E-state index is -0.0267. The molecule has 5 rings (SSSR count). The van der Waals surface area contributed by atoms with Crippen LogP contribution in [0.1, 0.15) is 57.3 Å². The molecule has 0 aliphatic heterocycles. The third kappa shape index (κ3) is 5.59. The van der Waals surface area contributed by atoms with Crippen LogP contribution in [0.3, 0.4) is 0 Å². The molecule has 1 unspecified atom stereocenters. The number of aryl methyl sites for hydroxylation is 1. The third-order valence-electron chi connectivity index (χ3n) is 6.68. The summed E-state index contributed by atoms with van der Waals surface area (Å²) < 4.78 is 1.73. The molecule has 3 aromatic carbocycles. The van der Waals surface area contributed by atoms with Crippen molar-refractivity contribution in [1.82, 2.24) is 15.1 Å². The maximum Gasteiger partial charge on any atom is 0.185 e. The minimum absolute atomic E-state index is 0.0196. The Balaban J connectivity index is 1.42. The fraction of sp³-hybridized carbons (Fsp3) is 0.267. The predicted molar refractivity (Wildman–Crippen MR) is 145 cm³/mol. The number of carbonyl (C=O) groups excluding carboxylic acids is 1. The number of nitrogens with two attached hydrogens (primary N) is 1. The van der Waals surface area contributed by atoms with Gasteiger partial charge in [-0.25, -0.2) is 4.68 Å².